The molecular weight excluding hydrogens is 346 g/mol. The lowest BCUT2D eigenvalue weighted by atomic mass is 10.2. The molecule has 0 aliphatic heterocycles. The molecule has 0 aliphatic carbocycles. The summed E-state index contributed by atoms with van der Waals surface area (Å²) in [5, 5.41) is 4.46. The number of imidazole rings is 1. The van der Waals surface area contributed by atoms with E-state index in [1.165, 1.54) is 0 Å². The molecule has 0 spiro atoms. The minimum atomic E-state index is 0.655. The molecule has 0 unspecified atom stereocenters. The molecule has 0 N–H and O–H groups in total. The van der Waals surface area contributed by atoms with Crippen molar-refractivity contribution in [1.29, 1.82) is 0 Å². The maximum atomic E-state index is 5.31. The number of rotatable bonds is 4. The molecule has 6 heteroatoms. The second-order valence-corrected chi connectivity index (χ2v) is 5.41. The molecule has 1 heterocycles. The van der Waals surface area contributed by atoms with E-state index in [4.69, 9.17) is 9.47 Å². The Balaban J connectivity index is 1.98. The quantitative estimate of drug-likeness (QED) is 0.667. The van der Waals surface area contributed by atoms with Crippen LogP contribution in [-0.2, 0) is 0 Å². The highest BCUT2D eigenvalue weighted by Gasteiger charge is 2.08. The van der Waals surface area contributed by atoms with E-state index in [1.54, 1.807) is 31.4 Å². The van der Waals surface area contributed by atoms with Crippen LogP contribution in [0, 0.1) is 0 Å². The van der Waals surface area contributed by atoms with Crippen molar-refractivity contribution < 1.29 is 9.47 Å². The second-order valence-electron chi connectivity index (χ2n) is 4.55. The molecule has 0 fully saturated rings. The number of nitrogens with zero attached hydrogens (tertiary/aromatic N) is 3. The van der Waals surface area contributed by atoms with Gasteiger partial charge < -0.3 is 9.47 Å². The summed E-state index contributed by atoms with van der Waals surface area (Å²) in [4.78, 5) is 4.31. The van der Waals surface area contributed by atoms with Gasteiger partial charge in [0.05, 0.1) is 31.5 Å². The summed E-state index contributed by atoms with van der Waals surface area (Å²) in [6.07, 6.45) is 3.44. The standard InChI is InChI=1S/C16H14BrN3O2/c1-21-15-7-11(12(17)8-16(15)22-2)9-19-20-10-18-13-5-3-4-6-14(13)20/h3-10H,1-2H3/b19-9-. The predicted octanol–water partition coefficient (Wildman–Crippen LogP) is 3.70. The maximum absolute atomic E-state index is 5.31. The molecule has 3 rings (SSSR count). The van der Waals surface area contributed by atoms with Gasteiger partial charge in [-0.05, 0) is 40.2 Å². The average Bonchev–Trinajstić information content (AvgIpc) is 2.96. The van der Waals surface area contributed by atoms with E-state index >= 15 is 0 Å². The Kier molecular flexibility index (Phi) is 4.11. The molecule has 0 atom stereocenters. The third-order valence-corrected chi connectivity index (χ3v) is 3.95. The SMILES string of the molecule is COc1cc(Br)c(/C=N\n2cnc3ccccc32)cc1OC. The number of ether oxygens (including phenoxy) is 2. The second kappa shape index (κ2) is 6.19. The van der Waals surface area contributed by atoms with E-state index in [0.717, 1.165) is 21.1 Å². The van der Waals surface area contributed by atoms with Crippen molar-refractivity contribution in [3.05, 3.63) is 52.8 Å². The monoisotopic (exact) mass is 359 g/mol. The zero-order valence-corrected chi connectivity index (χ0v) is 13.7. The Hall–Kier alpha value is -2.34. The topological polar surface area (TPSA) is 48.6 Å². The van der Waals surface area contributed by atoms with Gasteiger partial charge in [0.1, 0.15) is 6.33 Å². The van der Waals surface area contributed by atoms with Gasteiger partial charge >= 0.3 is 0 Å². The molecule has 0 radical (unpaired) electrons. The zero-order chi connectivity index (χ0) is 15.5. The summed E-state index contributed by atoms with van der Waals surface area (Å²) < 4.78 is 13.2. The zero-order valence-electron chi connectivity index (χ0n) is 12.2. The Labute approximate surface area is 136 Å². The number of methoxy groups -OCH3 is 2. The molecule has 0 saturated carbocycles. The van der Waals surface area contributed by atoms with E-state index in [-0.39, 0.29) is 0 Å². The van der Waals surface area contributed by atoms with Crippen LogP contribution < -0.4 is 9.47 Å². The molecule has 0 aliphatic rings. The van der Waals surface area contributed by atoms with Crippen LogP contribution in [0.15, 0.2) is 52.3 Å². The van der Waals surface area contributed by atoms with Gasteiger partial charge in [-0.25, -0.2) is 9.66 Å². The summed E-state index contributed by atoms with van der Waals surface area (Å²) in [6.45, 7) is 0. The lowest BCUT2D eigenvalue weighted by molar-refractivity contribution is 0.354. The third kappa shape index (κ3) is 2.69. The predicted molar refractivity (Wildman–Crippen MR) is 90.0 cm³/mol. The van der Waals surface area contributed by atoms with E-state index < -0.39 is 0 Å². The number of aromatic nitrogens is 2. The van der Waals surface area contributed by atoms with Crippen LogP contribution >= 0.6 is 15.9 Å². The first-order valence-electron chi connectivity index (χ1n) is 6.61. The van der Waals surface area contributed by atoms with Crippen LogP contribution in [0.2, 0.25) is 0 Å². The van der Waals surface area contributed by atoms with Gasteiger partial charge in [-0.15, -0.1) is 0 Å². The third-order valence-electron chi connectivity index (χ3n) is 3.26. The van der Waals surface area contributed by atoms with Crippen LogP contribution in [0.1, 0.15) is 5.56 Å². The Bertz CT molecular complexity index is 843. The minimum Gasteiger partial charge on any atom is -0.493 e. The van der Waals surface area contributed by atoms with E-state index in [0.29, 0.717) is 11.5 Å². The number of hydrogen-bond donors (Lipinski definition) is 0. The molecule has 112 valence electrons. The first-order valence-corrected chi connectivity index (χ1v) is 7.40. The fourth-order valence-corrected chi connectivity index (χ4v) is 2.56. The van der Waals surface area contributed by atoms with E-state index in [1.807, 2.05) is 36.4 Å². The number of fused-ring (bicyclic) bond motifs is 1. The smallest absolute Gasteiger partial charge is 0.161 e. The highest BCUT2D eigenvalue weighted by molar-refractivity contribution is 9.10. The van der Waals surface area contributed by atoms with Crippen LogP contribution in [0.4, 0.5) is 0 Å². The van der Waals surface area contributed by atoms with Crippen LogP contribution in [0.25, 0.3) is 11.0 Å². The van der Waals surface area contributed by atoms with Gasteiger partial charge in [-0.1, -0.05) is 12.1 Å². The van der Waals surface area contributed by atoms with Gasteiger partial charge in [-0.3, -0.25) is 0 Å². The van der Waals surface area contributed by atoms with E-state index in [9.17, 15) is 0 Å². The van der Waals surface area contributed by atoms with Crippen molar-refractivity contribution in [3.8, 4) is 11.5 Å². The first kappa shape index (κ1) is 14.6. The number of para-hydroxylation sites is 2. The van der Waals surface area contributed by atoms with Crippen molar-refractivity contribution in [2.45, 2.75) is 0 Å². The van der Waals surface area contributed by atoms with Gasteiger partial charge in [-0.2, -0.15) is 5.10 Å². The van der Waals surface area contributed by atoms with Gasteiger partial charge in [0.2, 0.25) is 0 Å². The van der Waals surface area contributed by atoms with Gasteiger partial charge in [0.15, 0.2) is 11.5 Å². The van der Waals surface area contributed by atoms with E-state index in [2.05, 4.69) is 26.0 Å². The van der Waals surface area contributed by atoms with Gasteiger partial charge in [0.25, 0.3) is 0 Å². The Morgan fingerprint density at radius 3 is 2.64 bits per heavy atom. The first-order chi connectivity index (χ1) is 10.7. The van der Waals surface area contributed by atoms with Crippen LogP contribution in [0.5, 0.6) is 11.5 Å². The molecule has 5 nitrogen and oxygen atoms in total. The summed E-state index contributed by atoms with van der Waals surface area (Å²) in [7, 11) is 3.21. The largest absolute Gasteiger partial charge is 0.493 e. The van der Waals surface area contributed by atoms with Crippen molar-refractivity contribution in [3.63, 3.8) is 0 Å². The molecule has 1 aromatic heterocycles. The van der Waals surface area contributed by atoms with Crippen LogP contribution in [0.3, 0.4) is 0 Å². The fourth-order valence-electron chi connectivity index (χ4n) is 2.13. The van der Waals surface area contributed by atoms with Crippen LogP contribution in [-0.4, -0.2) is 30.1 Å². The number of halogens is 1. The lowest BCUT2D eigenvalue weighted by Crippen LogP contribution is -1.95. The maximum Gasteiger partial charge on any atom is 0.161 e. The van der Waals surface area contributed by atoms with Crippen molar-refractivity contribution >= 4 is 33.2 Å². The van der Waals surface area contributed by atoms with Crippen molar-refractivity contribution in [1.82, 2.24) is 9.66 Å². The molecule has 0 amide bonds. The highest BCUT2D eigenvalue weighted by Crippen LogP contribution is 2.32. The normalized spacial score (nSPS) is 11.2. The average molecular weight is 360 g/mol. The van der Waals surface area contributed by atoms with Gasteiger partial charge in [0, 0.05) is 10.0 Å². The highest BCUT2D eigenvalue weighted by atomic mass is 79.9. The summed E-state index contributed by atoms with van der Waals surface area (Å²) in [5.74, 6) is 1.32. The summed E-state index contributed by atoms with van der Waals surface area (Å²) in [5.41, 5.74) is 2.75. The Morgan fingerprint density at radius 2 is 1.86 bits per heavy atom. The molecule has 0 saturated heterocycles. The molecule has 0 bridgehead atoms. The molecule has 3 aromatic rings. The fraction of sp³-hybridized carbons (Fsp3) is 0.125. The minimum absolute atomic E-state index is 0.655. The lowest BCUT2D eigenvalue weighted by Gasteiger charge is -2.09. The molecule has 2 aromatic carbocycles. The number of hydrogen-bond acceptors (Lipinski definition) is 4. The summed E-state index contributed by atoms with van der Waals surface area (Å²) >= 11 is 3.51. The molecule has 22 heavy (non-hydrogen) atoms. The summed E-state index contributed by atoms with van der Waals surface area (Å²) in [6, 6.07) is 11.6. The Morgan fingerprint density at radius 1 is 1.14 bits per heavy atom. The number of benzene rings is 2. The molecular formula is C16H14BrN3O2. The van der Waals surface area contributed by atoms with Crippen molar-refractivity contribution in [2.24, 2.45) is 5.10 Å². The van der Waals surface area contributed by atoms with Crippen molar-refractivity contribution in [2.75, 3.05) is 14.2 Å².